The number of fused-ring (bicyclic) bond motifs is 1. The van der Waals surface area contributed by atoms with Crippen LogP contribution < -0.4 is 20.7 Å². The third kappa shape index (κ3) is 6.12. The highest BCUT2D eigenvalue weighted by Crippen LogP contribution is 2.37. The van der Waals surface area contributed by atoms with E-state index in [0.717, 1.165) is 31.5 Å². The molecule has 0 atom stereocenters. The zero-order valence-corrected chi connectivity index (χ0v) is 25.1. The second-order valence-corrected chi connectivity index (χ2v) is 13.7. The summed E-state index contributed by atoms with van der Waals surface area (Å²) in [5, 5.41) is 9.29. The van der Waals surface area contributed by atoms with Gasteiger partial charge < -0.3 is 25.6 Å². The van der Waals surface area contributed by atoms with E-state index >= 15 is 0 Å². The molecule has 12 heteroatoms. The minimum Gasteiger partial charge on any atom is -0.489 e. The van der Waals surface area contributed by atoms with E-state index < -0.39 is 15.1 Å². The van der Waals surface area contributed by atoms with Crippen LogP contribution in [0.3, 0.4) is 0 Å². The van der Waals surface area contributed by atoms with Gasteiger partial charge in [-0.3, -0.25) is 4.79 Å². The van der Waals surface area contributed by atoms with Gasteiger partial charge in [-0.1, -0.05) is 23.7 Å². The van der Waals surface area contributed by atoms with Crippen molar-refractivity contribution in [1.29, 1.82) is 0 Å². The van der Waals surface area contributed by atoms with E-state index in [9.17, 15) is 13.2 Å². The van der Waals surface area contributed by atoms with Crippen LogP contribution in [-0.2, 0) is 16.4 Å². The molecule has 1 aromatic heterocycles. The lowest BCUT2D eigenvalue weighted by Gasteiger charge is -2.31. The summed E-state index contributed by atoms with van der Waals surface area (Å²) in [5.41, 5.74) is 2.54. The Bertz CT molecular complexity index is 1560. The van der Waals surface area contributed by atoms with Gasteiger partial charge in [0.1, 0.15) is 10.8 Å². The van der Waals surface area contributed by atoms with E-state index in [4.69, 9.17) is 16.3 Å². The lowest BCUT2D eigenvalue weighted by molar-refractivity contribution is 0.0668. The van der Waals surface area contributed by atoms with Gasteiger partial charge in [-0.25, -0.2) is 13.4 Å². The van der Waals surface area contributed by atoms with Crippen molar-refractivity contribution >= 4 is 50.5 Å². The summed E-state index contributed by atoms with van der Waals surface area (Å²) in [6.45, 7) is 9.45. The van der Waals surface area contributed by atoms with Gasteiger partial charge in [-0.2, -0.15) is 4.98 Å². The molecule has 0 spiro atoms. The van der Waals surface area contributed by atoms with Crippen molar-refractivity contribution in [2.45, 2.75) is 69.4 Å². The van der Waals surface area contributed by atoms with Crippen LogP contribution in [0.2, 0.25) is 5.02 Å². The summed E-state index contributed by atoms with van der Waals surface area (Å²) >= 11 is 6.42. The molecule has 3 N–H and O–H groups in total. The summed E-state index contributed by atoms with van der Waals surface area (Å²) in [4.78, 5) is 24.3. The molecule has 0 unspecified atom stereocenters. The normalized spacial score (nSPS) is 15.9. The van der Waals surface area contributed by atoms with Crippen molar-refractivity contribution in [3.05, 3.63) is 58.7 Å². The van der Waals surface area contributed by atoms with E-state index in [1.807, 2.05) is 24.8 Å². The fourth-order valence-electron chi connectivity index (χ4n) is 5.06. The Labute approximate surface area is 245 Å². The van der Waals surface area contributed by atoms with Crippen LogP contribution in [0, 0.1) is 0 Å². The first-order valence-corrected chi connectivity index (χ1v) is 15.7. The molecule has 3 heterocycles. The van der Waals surface area contributed by atoms with Crippen LogP contribution >= 0.6 is 11.6 Å². The van der Waals surface area contributed by atoms with Crippen molar-refractivity contribution in [2.24, 2.45) is 0 Å². The van der Waals surface area contributed by atoms with Crippen molar-refractivity contribution in [3.8, 4) is 5.75 Å². The molecule has 1 saturated heterocycles. The number of rotatable bonds is 9. The first-order chi connectivity index (χ1) is 19.5. The third-order valence-corrected chi connectivity index (χ3v) is 9.69. The summed E-state index contributed by atoms with van der Waals surface area (Å²) in [6.07, 6.45) is 3.16. The molecule has 3 aromatic rings. The van der Waals surface area contributed by atoms with Gasteiger partial charge in [0, 0.05) is 18.2 Å². The van der Waals surface area contributed by atoms with Crippen LogP contribution in [0.25, 0.3) is 0 Å². The number of sulfone groups is 1. The number of carbonyl (C=O) groups is 1. The van der Waals surface area contributed by atoms with E-state index in [0.29, 0.717) is 29.2 Å². The summed E-state index contributed by atoms with van der Waals surface area (Å²) in [7, 11) is -3.56. The Morgan fingerprint density at radius 3 is 2.51 bits per heavy atom. The average molecular weight is 599 g/mol. The molecule has 41 heavy (non-hydrogen) atoms. The second-order valence-electron chi connectivity index (χ2n) is 10.8. The molecule has 5 rings (SSSR count). The molecular formula is C29H35ClN6O4S. The van der Waals surface area contributed by atoms with E-state index in [-0.39, 0.29) is 39.7 Å². The molecule has 0 saturated carbocycles. The van der Waals surface area contributed by atoms with Gasteiger partial charge in [-0.15, -0.1) is 0 Å². The number of para-hydroxylation sites is 1. The smallest absolute Gasteiger partial charge is 0.254 e. The number of halogens is 1. The molecule has 10 nitrogen and oxygen atoms in total. The number of ether oxygens (including phenoxy) is 1. The van der Waals surface area contributed by atoms with Gasteiger partial charge in [0.05, 0.1) is 33.8 Å². The number of aromatic nitrogens is 2. The highest BCUT2D eigenvalue weighted by molar-refractivity contribution is 7.92. The summed E-state index contributed by atoms with van der Waals surface area (Å²) < 4.78 is 32.0. The Hall–Kier alpha value is -3.41. The van der Waals surface area contributed by atoms with Crippen LogP contribution in [0.4, 0.5) is 23.1 Å². The van der Waals surface area contributed by atoms with Crippen molar-refractivity contribution in [2.75, 3.05) is 23.7 Å². The Morgan fingerprint density at radius 2 is 1.80 bits per heavy atom. The summed E-state index contributed by atoms with van der Waals surface area (Å²) in [5.74, 6) is 1.02. The highest BCUT2D eigenvalue weighted by Gasteiger charge is 2.34. The largest absolute Gasteiger partial charge is 0.489 e. The zero-order chi connectivity index (χ0) is 29.3. The maximum absolute atomic E-state index is 13.3. The quantitative estimate of drug-likeness (QED) is 0.301. The number of nitrogens with one attached hydrogen (secondary N) is 3. The van der Waals surface area contributed by atoms with Crippen molar-refractivity contribution < 1.29 is 17.9 Å². The average Bonchev–Trinajstić information content (AvgIpc) is 3.26. The van der Waals surface area contributed by atoms with Crippen LogP contribution in [-0.4, -0.2) is 59.7 Å². The summed E-state index contributed by atoms with van der Waals surface area (Å²) in [6, 6.07) is 10.6. The molecule has 2 aliphatic rings. The number of anilines is 4. The number of nitrogens with zero attached hydrogens (tertiary/aromatic N) is 3. The van der Waals surface area contributed by atoms with Gasteiger partial charge in [0.15, 0.2) is 15.7 Å². The molecule has 2 aromatic carbocycles. The molecule has 0 radical (unpaired) electrons. The standard InChI is InChI=1S/C29H35ClN6O4S/c1-17(2)40-25-14-21-19(16-36(28(21)37)20-9-11-31-12-10-20)13-24(25)34-29-32-15-22(30)27(35-29)33-23-7-5-6-8-26(23)41(38,39)18(3)4/h5-8,13-15,17-18,20,31H,9-12,16H2,1-4H3,(H2,32,33,34,35). The van der Waals surface area contributed by atoms with Gasteiger partial charge in [0.2, 0.25) is 5.95 Å². The molecule has 0 aliphatic carbocycles. The number of amides is 1. The monoisotopic (exact) mass is 598 g/mol. The first-order valence-electron chi connectivity index (χ1n) is 13.8. The van der Waals surface area contributed by atoms with Crippen LogP contribution in [0.15, 0.2) is 47.5 Å². The zero-order valence-electron chi connectivity index (χ0n) is 23.6. The van der Waals surface area contributed by atoms with Gasteiger partial charge >= 0.3 is 0 Å². The van der Waals surface area contributed by atoms with Crippen LogP contribution in [0.1, 0.15) is 56.5 Å². The molecule has 0 bridgehead atoms. The first kappa shape index (κ1) is 29.1. The topological polar surface area (TPSA) is 126 Å². The fourth-order valence-corrected chi connectivity index (χ4v) is 6.40. The molecular weight excluding hydrogens is 564 g/mol. The van der Waals surface area contributed by atoms with Gasteiger partial charge in [0.25, 0.3) is 5.91 Å². The maximum Gasteiger partial charge on any atom is 0.254 e. The molecule has 2 aliphatic heterocycles. The lowest BCUT2D eigenvalue weighted by atomic mass is 10.1. The van der Waals surface area contributed by atoms with Gasteiger partial charge in [-0.05, 0) is 83.5 Å². The van der Waals surface area contributed by atoms with Crippen LogP contribution in [0.5, 0.6) is 5.75 Å². The number of hydrogen-bond donors (Lipinski definition) is 3. The highest BCUT2D eigenvalue weighted by atomic mass is 35.5. The van der Waals surface area contributed by atoms with Crippen molar-refractivity contribution in [1.82, 2.24) is 20.2 Å². The SMILES string of the molecule is CC(C)Oc1cc2c(cc1Nc1ncc(Cl)c(Nc3ccccc3S(=O)(=O)C(C)C)n1)CN(C1CCNCC1)C2=O. The molecule has 1 amide bonds. The minimum absolute atomic E-state index is 0.0244. The number of benzene rings is 2. The predicted molar refractivity (Wildman–Crippen MR) is 160 cm³/mol. The number of hydrogen-bond acceptors (Lipinski definition) is 9. The fraction of sp³-hybridized carbons (Fsp3) is 0.414. The molecule has 218 valence electrons. The third-order valence-electron chi connectivity index (χ3n) is 7.21. The van der Waals surface area contributed by atoms with E-state index in [2.05, 4.69) is 25.9 Å². The Kier molecular flexibility index (Phi) is 8.40. The van der Waals surface area contributed by atoms with E-state index in [1.54, 1.807) is 44.2 Å². The molecule has 1 fully saturated rings. The number of carbonyl (C=O) groups excluding carboxylic acids is 1. The minimum atomic E-state index is -3.56. The lowest BCUT2D eigenvalue weighted by Crippen LogP contribution is -2.43. The second kappa shape index (κ2) is 11.8. The Morgan fingerprint density at radius 1 is 1.07 bits per heavy atom. The number of piperidine rings is 1. The Balaban J connectivity index is 1.45. The maximum atomic E-state index is 13.3. The van der Waals surface area contributed by atoms with Crippen molar-refractivity contribution in [3.63, 3.8) is 0 Å². The predicted octanol–water partition coefficient (Wildman–Crippen LogP) is 5.29. The van der Waals surface area contributed by atoms with E-state index in [1.165, 1.54) is 6.20 Å².